The third-order valence-corrected chi connectivity index (χ3v) is 5.95. The Bertz CT molecular complexity index is 774. The van der Waals surface area contributed by atoms with E-state index in [9.17, 15) is 9.59 Å². The number of hydrogen-bond donors (Lipinski definition) is 0. The maximum atomic E-state index is 13.4. The number of imide groups is 1. The smallest absolute Gasteiger partial charge is 0.277 e. The van der Waals surface area contributed by atoms with Crippen LogP contribution in [0.2, 0.25) is 0 Å². The average Bonchev–Trinajstić information content (AvgIpc) is 2.95. The summed E-state index contributed by atoms with van der Waals surface area (Å²) in [5.74, 6) is -0.301. The molecule has 1 aromatic rings. The average molecular weight is 413 g/mol. The maximum absolute atomic E-state index is 13.4. The van der Waals surface area contributed by atoms with Crippen molar-refractivity contribution in [3.05, 3.63) is 41.1 Å². The van der Waals surface area contributed by atoms with E-state index in [1.807, 2.05) is 45.0 Å². The number of carbonyl (C=O) groups is 2. The molecular weight excluding hydrogens is 376 g/mol. The number of nitrogens with zero attached hydrogens (tertiary/aromatic N) is 2. The van der Waals surface area contributed by atoms with E-state index in [0.717, 1.165) is 30.4 Å². The van der Waals surface area contributed by atoms with Crippen molar-refractivity contribution in [1.82, 2.24) is 9.80 Å². The van der Waals surface area contributed by atoms with Crippen LogP contribution in [0.5, 0.6) is 0 Å². The summed E-state index contributed by atoms with van der Waals surface area (Å²) in [5, 5.41) is 0. The Morgan fingerprint density at radius 3 is 2.13 bits per heavy atom. The van der Waals surface area contributed by atoms with Gasteiger partial charge in [-0.1, -0.05) is 68.9 Å². The van der Waals surface area contributed by atoms with Gasteiger partial charge in [0.2, 0.25) is 0 Å². The maximum Gasteiger partial charge on any atom is 0.277 e. The van der Waals surface area contributed by atoms with Gasteiger partial charge in [0.25, 0.3) is 11.8 Å². The highest BCUT2D eigenvalue weighted by Crippen LogP contribution is 2.33. The number of morpholine rings is 1. The van der Waals surface area contributed by atoms with Crippen molar-refractivity contribution < 1.29 is 14.3 Å². The highest BCUT2D eigenvalue weighted by atomic mass is 16.5. The minimum absolute atomic E-state index is 0.0241. The Morgan fingerprint density at radius 1 is 0.900 bits per heavy atom. The van der Waals surface area contributed by atoms with Crippen LogP contribution in [0.25, 0.3) is 5.57 Å². The largest absolute Gasteiger partial charge is 0.372 e. The van der Waals surface area contributed by atoms with Gasteiger partial charge in [0, 0.05) is 19.6 Å². The summed E-state index contributed by atoms with van der Waals surface area (Å²) in [5.41, 5.74) is 3.06. The predicted molar refractivity (Wildman–Crippen MR) is 120 cm³/mol. The van der Waals surface area contributed by atoms with Crippen molar-refractivity contribution in [3.63, 3.8) is 0 Å². The van der Waals surface area contributed by atoms with Crippen LogP contribution in [0.3, 0.4) is 0 Å². The zero-order valence-electron chi connectivity index (χ0n) is 18.9. The van der Waals surface area contributed by atoms with E-state index < -0.39 is 0 Å². The van der Waals surface area contributed by atoms with Crippen LogP contribution in [-0.2, 0) is 14.3 Å². The first-order chi connectivity index (χ1) is 14.4. The second kappa shape index (κ2) is 10.3. The molecule has 0 aliphatic carbocycles. The number of ether oxygens (including phenoxy) is 1. The van der Waals surface area contributed by atoms with Gasteiger partial charge in [-0.25, -0.2) is 0 Å². The first kappa shape index (κ1) is 22.5. The molecule has 2 aliphatic heterocycles. The molecular formula is C25H36N2O3. The van der Waals surface area contributed by atoms with Crippen molar-refractivity contribution in [1.29, 1.82) is 0 Å². The van der Waals surface area contributed by atoms with Gasteiger partial charge in [-0.15, -0.1) is 0 Å². The molecule has 1 aromatic carbocycles. The van der Waals surface area contributed by atoms with Crippen LogP contribution in [0.4, 0.5) is 0 Å². The van der Waals surface area contributed by atoms with Crippen molar-refractivity contribution in [3.8, 4) is 0 Å². The zero-order valence-corrected chi connectivity index (χ0v) is 18.9. The minimum Gasteiger partial charge on any atom is -0.372 e. The third kappa shape index (κ3) is 5.12. The Balaban J connectivity index is 1.83. The molecule has 2 atom stereocenters. The summed E-state index contributed by atoms with van der Waals surface area (Å²) in [6, 6.07) is 7.91. The second-order valence-corrected chi connectivity index (χ2v) is 8.78. The molecule has 5 heteroatoms. The molecule has 164 valence electrons. The highest BCUT2D eigenvalue weighted by molar-refractivity contribution is 6.35. The molecule has 0 radical (unpaired) electrons. The van der Waals surface area contributed by atoms with Crippen molar-refractivity contribution in [2.45, 2.75) is 78.4 Å². The van der Waals surface area contributed by atoms with E-state index in [-0.39, 0.29) is 24.0 Å². The molecule has 0 bridgehead atoms. The van der Waals surface area contributed by atoms with Gasteiger partial charge in [-0.05, 0) is 32.8 Å². The van der Waals surface area contributed by atoms with E-state index in [1.165, 1.54) is 24.2 Å². The molecule has 2 heterocycles. The van der Waals surface area contributed by atoms with Crippen molar-refractivity contribution in [2.24, 2.45) is 0 Å². The standard InChI is InChI=1S/C25H36N2O3/c1-5-6-7-8-9-10-15-27-24(28)22(21-13-11-18(2)12-14-21)23(25(27)29)26-16-19(3)30-20(4)17-26/h11-14,19-20H,5-10,15-17H2,1-4H3. The summed E-state index contributed by atoms with van der Waals surface area (Å²) < 4.78 is 5.86. The molecule has 0 spiro atoms. The molecule has 0 saturated carbocycles. The molecule has 5 nitrogen and oxygen atoms in total. The fourth-order valence-corrected chi connectivity index (χ4v) is 4.45. The lowest BCUT2D eigenvalue weighted by molar-refractivity contribution is -0.138. The first-order valence-electron chi connectivity index (χ1n) is 11.5. The summed E-state index contributed by atoms with van der Waals surface area (Å²) in [7, 11) is 0. The lowest BCUT2D eigenvalue weighted by Gasteiger charge is -2.37. The molecule has 2 amide bonds. The Kier molecular flexibility index (Phi) is 7.70. The van der Waals surface area contributed by atoms with E-state index in [4.69, 9.17) is 4.74 Å². The molecule has 2 aliphatic rings. The van der Waals surface area contributed by atoms with E-state index in [2.05, 4.69) is 11.8 Å². The zero-order chi connectivity index (χ0) is 21.7. The van der Waals surface area contributed by atoms with E-state index in [1.54, 1.807) is 0 Å². The summed E-state index contributed by atoms with van der Waals surface area (Å²) in [6.45, 7) is 10.0. The second-order valence-electron chi connectivity index (χ2n) is 8.78. The third-order valence-electron chi connectivity index (χ3n) is 5.95. The van der Waals surface area contributed by atoms with Crippen LogP contribution >= 0.6 is 0 Å². The number of carbonyl (C=O) groups excluding carboxylic acids is 2. The fourth-order valence-electron chi connectivity index (χ4n) is 4.45. The topological polar surface area (TPSA) is 49.9 Å². The van der Waals surface area contributed by atoms with Crippen LogP contribution < -0.4 is 0 Å². The Labute approximate surface area is 181 Å². The van der Waals surface area contributed by atoms with Crippen LogP contribution in [-0.4, -0.2) is 53.5 Å². The summed E-state index contributed by atoms with van der Waals surface area (Å²) in [4.78, 5) is 30.3. The number of amides is 2. The van der Waals surface area contributed by atoms with Gasteiger partial charge in [-0.2, -0.15) is 0 Å². The van der Waals surface area contributed by atoms with Crippen LogP contribution in [0.1, 0.15) is 70.4 Å². The molecule has 2 unspecified atom stereocenters. The lowest BCUT2D eigenvalue weighted by Crippen LogP contribution is -2.47. The van der Waals surface area contributed by atoms with E-state index in [0.29, 0.717) is 30.9 Å². The number of benzene rings is 1. The van der Waals surface area contributed by atoms with E-state index >= 15 is 0 Å². The van der Waals surface area contributed by atoms with Crippen molar-refractivity contribution in [2.75, 3.05) is 19.6 Å². The molecule has 30 heavy (non-hydrogen) atoms. The number of unbranched alkanes of at least 4 members (excludes halogenated alkanes) is 5. The van der Waals surface area contributed by atoms with Crippen molar-refractivity contribution >= 4 is 17.4 Å². The molecule has 3 rings (SSSR count). The fraction of sp³-hybridized carbons (Fsp3) is 0.600. The predicted octanol–water partition coefficient (Wildman–Crippen LogP) is 4.54. The normalized spacial score (nSPS) is 22.4. The van der Waals surface area contributed by atoms with Gasteiger partial charge < -0.3 is 9.64 Å². The Hall–Kier alpha value is -2.14. The van der Waals surface area contributed by atoms with Crippen LogP contribution in [0.15, 0.2) is 30.0 Å². The first-order valence-corrected chi connectivity index (χ1v) is 11.5. The lowest BCUT2D eigenvalue weighted by atomic mass is 10.0. The summed E-state index contributed by atoms with van der Waals surface area (Å²) in [6.07, 6.45) is 6.81. The number of aryl methyl sites for hydroxylation is 1. The van der Waals surface area contributed by atoms with Gasteiger partial charge in [-0.3, -0.25) is 14.5 Å². The quantitative estimate of drug-likeness (QED) is 0.441. The van der Waals surface area contributed by atoms with Gasteiger partial charge in [0.05, 0.1) is 17.8 Å². The van der Waals surface area contributed by atoms with Gasteiger partial charge in [0.1, 0.15) is 5.70 Å². The summed E-state index contributed by atoms with van der Waals surface area (Å²) >= 11 is 0. The molecule has 1 fully saturated rings. The number of hydrogen-bond acceptors (Lipinski definition) is 4. The Morgan fingerprint density at radius 2 is 1.50 bits per heavy atom. The minimum atomic E-state index is -0.154. The SMILES string of the molecule is CCCCCCCCN1C(=O)C(c2ccc(C)cc2)=C(N2CC(C)OC(C)C2)C1=O. The number of rotatable bonds is 9. The van der Waals surface area contributed by atoms with Crippen LogP contribution in [0, 0.1) is 6.92 Å². The van der Waals surface area contributed by atoms with Gasteiger partial charge in [0.15, 0.2) is 0 Å². The highest BCUT2D eigenvalue weighted by Gasteiger charge is 2.42. The van der Waals surface area contributed by atoms with Gasteiger partial charge >= 0.3 is 0 Å². The molecule has 0 N–H and O–H groups in total. The molecule has 1 saturated heterocycles. The molecule has 0 aromatic heterocycles. The monoisotopic (exact) mass is 412 g/mol.